The van der Waals surface area contributed by atoms with Crippen molar-refractivity contribution in [3.8, 4) is 5.75 Å². The van der Waals surface area contributed by atoms with Gasteiger partial charge in [0.1, 0.15) is 23.4 Å². The number of likely N-dealkylation sites (tertiary alicyclic amines) is 1. The molecule has 3 amide bonds. The van der Waals surface area contributed by atoms with Crippen molar-refractivity contribution >= 4 is 33.4 Å². The minimum Gasteiger partial charge on any atom is -0.483 e. The second-order valence-electron chi connectivity index (χ2n) is 8.92. The molecule has 2 aliphatic heterocycles. The summed E-state index contributed by atoms with van der Waals surface area (Å²) in [6, 6.07) is 3.02. The van der Waals surface area contributed by atoms with E-state index in [1.165, 1.54) is 42.2 Å². The second kappa shape index (κ2) is 9.90. The monoisotopic (exact) mass is 561 g/mol. The highest BCUT2D eigenvalue weighted by molar-refractivity contribution is 7.89. The predicted octanol–water partition coefficient (Wildman–Crippen LogP) is 1.04. The molecular weight excluding hydrogens is 538 g/mol. The summed E-state index contributed by atoms with van der Waals surface area (Å²) in [6.07, 6.45) is -4.61. The van der Waals surface area contributed by atoms with Gasteiger partial charge in [-0.15, -0.1) is 0 Å². The third-order valence-electron chi connectivity index (χ3n) is 6.09. The normalized spacial score (nSPS) is 20.4. The van der Waals surface area contributed by atoms with Gasteiger partial charge < -0.3 is 24.8 Å². The molecule has 206 valence electrons. The summed E-state index contributed by atoms with van der Waals surface area (Å²) in [6.45, 7) is -0.647. The van der Waals surface area contributed by atoms with Gasteiger partial charge in [-0.25, -0.2) is 17.5 Å². The van der Waals surface area contributed by atoms with E-state index in [0.717, 1.165) is 11.0 Å². The Morgan fingerprint density at radius 3 is 2.61 bits per heavy atom. The predicted molar refractivity (Wildman–Crippen MR) is 123 cm³/mol. The molecule has 0 bridgehead atoms. The Balaban J connectivity index is 1.59. The summed E-state index contributed by atoms with van der Waals surface area (Å²) in [5, 5.41) is 4.06. The summed E-state index contributed by atoms with van der Waals surface area (Å²) in [7, 11) is -2.77. The number of alkyl halides is 3. The topological polar surface area (TPSA) is 139 Å². The number of halogens is 4. The van der Waals surface area contributed by atoms with Gasteiger partial charge >= 0.3 is 18.0 Å². The molecule has 3 N–H and O–H groups in total. The highest BCUT2D eigenvalue weighted by Gasteiger charge is 2.43. The molecule has 2 aliphatic rings. The molecule has 2 atom stereocenters. The van der Waals surface area contributed by atoms with Crippen LogP contribution in [0.1, 0.15) is 22.5 Å². The Labute approximate surface area is 214 Å². The van der Waals surface area contributed by atoms with Crippen molar-refractivity contribution in [2.24, 2.45) is 7.05 Å². The van der Waals surface area contributed by atoms with Gasteiger partial charge in [-0.2, -0.15) is 13.2 Å². The van der Waals surface area contributed by atoms with Gasteiger partial charge in [-0.1, -0.05) is 0 Å². The number of amides is 3. The van der Waals surface area contributed by atoms with E-state index in [1.807, 2.05) is 0 Å². The Kier molecular flexibility index (Phi) is 7.13. The van der Waals surface area contributed by atoms with Crippen molar-refractivity contribution in [1.82, 2.24) is 19.5 Å². The van der Waals surface area contributed by atoms with E-state index in [0.29, 0.717) is 0 Å². The molecule has 38 heavy (non-hydrogen) atoms. The maximum atomic E-state index is 13.6. The molecule has 0 saturated carbocycles. The molecule has 1 saturated heterocycles. The number of carbonyl (C=O) groups excluding carboxylic acids is 3. The zero-order chi connectivity index (χ0) is 28.0. The number of aryl methyl sites for hydroxylation is 2. The summed E-state index contributed by atoms with van der Waals surface area (Å²) < 4.78 is 86.6. The number of anilines is 1. The maximum Gasteiger partial charge on any atom is 0.405 e. The smallest absolute Gasteiger partial charge is 0.405 e. The van der Waals surface area contributed by atoms with Crippen LogP contribution in [0.25, 0.3) is 0 Å². The molecule has 11 nitrogen and oxygen atoms in total. The van der Waals surface area contributed by atoms with Gasteiger partial charge in [0.05, 0.1) is 12.6 Å². The number of nitrogens with zero attached hydrogens (tertiary/aromatic N) is 2. The maximum absolute atomic E-state index is 13.6. The molecule has 3 heterocycles. The number of benzene rings is 1. The molecular formula is C22H23F4N5O6S. The van der Waals surface area contributed by atoms with Crippen molar-refractivity contribution in [3.05, 3.63) is 41.5 Å². The fourth-order valence-electron chi connectivity index (χ4n) is 4.23. The number of hydrogen-bond acceptors (Lipinski definition) is 6. The minimum absolute atomic E-state index is 0.00499. The Bertz CT molecular complexity index is 1410. The molecule has 4 rings (SSSR count). The lowest BCUT2D eigenvalue weighted by atomic mass is 10.0. The van der Waals surface area contributed by atoms with Crippen molar-refractivity contribution in [2.75, 3.05) is 25.0 Å². The zero-order valence-electron chi connectivity index (χ0n) is 20.1. The van der Waals surface area contributed by atoms with E-state index in [1.54, 1.807) is 0 Å². The number of sulfonamides is 1. The number of nitrogens with one attached hydrogen (secondary N) is 3. The number of ether oxygens (including phenoxy) is 1. The highest BCUT2D eigenvalue weighted by atomic mass is 32.2. The van der Waals surface area contributed by atoms with Crippen LogP contribution in [0.4, 0.5) is 23.2 Å². The molecule has 0 spiro atoms. The molecule has 2 aromatic rings. The Morgan fingerprint density at radius 1 is 1.24 bits per heavy atom. The van der Waals surface area contributed by atoms with Crippen LogP contribution >= 0.6 is 0 Å². The van der Waals surface area contributed by atoms with Crippen LogP contribution in [-0.4, -0.2) is 73.6 Å². The molecule has 2 unspecified atom stereocenters. The van der Waals surface area contributed by atoms with Crippen LogP contribution < -0.4 is 20.1 Å². The van der Waals surface area contributed by atoms with Gasteiger partial charge in [0.2, 0.25) is 10.0 Å². The average Bonchev–Trinajstić information content (AvgIpc) is 3.11. The fourth-order valence-corrected chi connectivity index (χ4v) is 5.71. The van der Waals surface area contributed by atoms with E-state index >= 15 is 0 Å². The van der Waals surface area contributed by atoms with E-state index < -0.39 is 58.4 Å². The van der Waals surface area contributed by atoms with E-state index in [2.05, 4.69) is 10.0 Å². The summed E-state index contributed by atoms with van der Waals surface area (Å²) in [5.74, 6) is -4.25. The molecule has 1 aromatic carbocycles. The van der Waals surface area contributed by atoms with Crippen LogP contribution in [0.15, 0.2) is 29.3 Å². The lowest BCUT2D eigenvalue weighted by molar-refractivity contribution is -0.152. The largest absolute Gasteiger partial charge is 0.483 e. The number of piperidine rings is 1. The summed E-state index contributed by atoms with van der Waals surface area (Å²) in [5.41, 5.74) is 0.334. The van der Waals surface area contributed by atoms with Crippen molar-refractivity contribution in [3.63, 3.8) is 0 Å². The van der Waals surface area contributed by atoms with E-state index in [9.17, 15) is 40.4 Å². The summed E-state index contributed by atoms with van der Waals surface area (Å²) >= 11 is 0. The Morgan fingerprint density at radius 2 is 1.95 bits per heavy atom. The molecule has 0 aliphatic carbocycles. The first-order chi connectivity index (χ1) is 17.7. The first-order valence-electron chi connectivity index (χ1n) is 11.3. The molecule has 1 aromatic heterocycles. The average molecular weight is 562 g/mol. The van der Waals surface area contributed by atoms with Gasteiger partial charge in [-0.3, -0.25) is 14.4 Å². The first kappa shape index (κ1) is 27.4. The van der Waals surface area contributed by atoms with Crippen molar-refractivity contribution in [1.29, 1.82) is 0 Å². The van der Waals surface area contributed by atoms with Crippen LogP contribution in [0.2, 0.25) is 0 Å². The lowest BCUT2D eigenvalue weighted by Crippen LogP contribution is -2.58. The summed E-state index contributed by atoms with van der Waals surface area (Å²) in [4.78, 5) is 38.1. The van der Waals surface area contributed by atoms with Crippen LogP contribution in [-0.2, 0) is 26.7 Å². The highest BCUT2D eigenvalue weighted by Crippen LogP contribution is 2.36. The molecule has 0 radical (unpaired) electrons. The van der Waals surface area contributed by atoms with Crippen molar-refractivity contribution in [2.45, 2.75) is 36.6 Å². The SMILES string of the molecule is Cc1cc(NC(=O)c2c3c(cn2C)S(=O)(=O)NC2CCN(C(=O)C(=O)NCC(F)(F)F)CC2O3)ccc1F. The lowest BCUT2D eigenvalue weighted by Gasteiger charge is -2.36. The number of rotatable bonds is 3. The number of aromatic nitrogens is 1. The minimum atomic E-state index is -4.71. The van der Waals surface area contributed by atoms with Gasteiger partial charge in [0.15, 0.2) is 11.4 Å². The number of hydrogen-bond donors (Lipinski definition) is 3. The fraction of sp³-hybridized carbons (Fsp3) is 0.409. The van der Waals surface area contributed by atoms with Gasteiger partial charge in [-0.05, 0) is 37.1 Å². The number of fused-ring (bicyclic) bond motifs is 2. The molecule has 1 fully saturated rings. The first-order valence-corrected chi connectivity index (χ1v) is 12.7. The van der Waals surface area contributed by atoms with Crippen LogP contribution in [0.3, 0.4) is 0 Å². The third kappa shape index (κ3) is 5.60. The number of carbonyl (C=O) groups is 3. The third-order valence-corrected chi connectivity index (χ3v) is 7.57. The second-order valence-corrected chi connectivity index (χ2v) is 10.6. The Hall–Kier alpha value is -3.66. The van der Waals surface area contributed by atoms with E-state index in [-0.39, 0.29) is 47.1 Å². The quantitative estimate of drug-likeness (QED) is 0.378. The van der Waals surface area contributed by atoms with Crippen LogP contribution in [0, 0.1) is 12.7 Å². The zero-order valence-corrected chi connectivity index (χ0v) is 20.9. The molecule has 16 heteroatoms. The standard InChI is InChI=1S/C22H23F4N5O6S/c1-11-7-12(3-4-13(11)23)28-19(32)17-18-16(9-30(17)2)38(35,36)29-14-5-6-31(8-15(14)37-18)21(34)20(33)27-10-22(24,25)26/h3-4,7,9,14-15,29H,5-6,8,10H2,1-2H3,(H,27,33)(H,28,32). The van der Waals surface area contributed by atoms with Crippen LogP contribution in [0.5, 0.6) is 5.75 Å². The van der Waals surface area contributed by atoms with Gasteiger partial charge in [0.25, 0.3) is 5.91 Å². The van der Waals surface area contributed by atoms with Crippen molar-refractivity contribution < 1.29 is 45.1 Å². The van der Waals surface area contributed by atoms with E-state index in [4.69, 9.17) is 4.74 Å². The van der Waals surface area contributed by atoms with Gasteiger partial charge in [0, 0.05) is 25.5 Å².